The van der Waals surface area contributed by atoms with Crippen molar-refractivity contribution in [3.05, 3.63) is 0 Å². The summed E-state index contributed by atoms with van der Waals surface area (Å²) in [4.78, 5) is 2.50. The van der Waals surface area contributed by atoms with Crippen LogP contribution >= 0.6 is 0 Å². The summed E-state index contributed by atoms with van der Waals surface area (Å²) in [6.45, 7) is 3.96. The molecule has 2 aliphatic rings. The minimum absolute atomic E-state index is 0.651. The van der Waals surface area contributed by atoms with Crippen LogP contribution in [0.3, 0.4) is 0 Å². The second kappa shape index (κ2) is 5.28. The van der Waals surface area contributed by atoms with Gasteiger partial charge < -0.3 is 15.4 Å². The second-order valence-electron chi connectivity index (χ2n) is 5.06. The fourth-order valence-electron chi connectivity index (χ4n) is 3.30. The molecule has 2 saturated heterocycles. The topological polar surface area (TPSA) is 38.5 Å². The molecule has 88 valence electrons. The van der Waals surface area contributed by atoms with E-state index in [1.807, 2.05) is 0 Å². The zero-order chi connectivity index (χ0) is 10.7. The third kappa shape index (κ3) is 2.52. The van der Waals surface area contributed by atoms with Crippen LogP contribution in [0.2, 0.25) is 0 Å². The maximum Gasteiger partial charge on any atom is 0.0624 e. The molecule has 2 fully saturated rings. The lowest BCUT2D eigenvalue weighted by atomic mass is 9.79. The molecule has 0 saturated carbocycles. The molecule has 2 rings (SSSR count). The van der Waals surface area contributed by atoms with Gasteiger partial charge in [-0.25, -0.2) is 0 Å². The summed E-state index contributed by atoms with van der Waals surface area (Å²) >= 11 is 0. The number of likely N-dealkylation sites (tertiary alicyclic amines) is 1. The van der Waals surface area contributed by atoms with Crippen molar-refractivity contribution in [2.75, 3.05) is 33.4 Å². The molecule has 2 heterocycles. The number of rotatable bonds is 2. The molecule has 3 heteroatoms. The summed E-state index contributed by atoms with van der Waals surface area (Å²) in [5, 5.41) is 0. The molecule has 0 bridgehead atoms. The molecule has 2 aliphatic heterocycles. The van der Waals surface area contributed by atoms with E-state index >= 15 is 0 Å². The Morgan fingerprint density at radius 1 is 1.40 bits per heavy atom. The molecule has 0 aromatic heterocycles. The third-order valence-electron chi connectivity index (χ3n) is 4.17. The zero-order valence-electron chi connectivity index (χ0n) is 9.82. The van der Waals surface area contributed by atoms with E-state index in [0.29, 0.717) is 6.04 Å². The predicted molar refractivity (Wildman–Crippen MR) is 61.7 cm³/mol. The average molecular weight is 212 g/mol. The second-order valence-corrected chi connectivity index (χ2v) is 5.06. The first-order valence-corrected chi connectivity index (χ1v) is 6.31. The van der Waals surface area contributed by atoms with Crippen LogP contribution in [-0.2, 0) is 4.74 Å². The van der Waals surface area contributed by atoms with Crippen LogP contribution in [0.5, 0.6) is 0 Å². The fraction of sp³-hybridized carbons (Fsp3) is 1.00. The molecule has 3 unspecified atom stereocenters. The highest BCUT2D eigenvalue weighted by atomic mass is 16.5. The van der Waals surface area contributed by atoms with Crippen molar-refractivity contribution in [2.24, 2.45) is 17.6 Å². The maximum absolute atomic E-state index is 5.72. The fourth-order valence-corrected chi connectivity index (χ4v) is 3.30. The van der Waals surface area contributed by atoms with Crippen LogP contribution in [0.25, 0.3) is 0 Å². The van der Waals surface area contributed by atoms with Crippen LogP contribution in [0.4, 0.5) is 0 Å². The predicted octanol–water partition coefficient (Wildman–Crippen LogP) is 1.08. The van der Waals surface area contributed by atoms with Crippen LogP contribution in [0.1, 0.15) is 25.7 Å². The van der Waals surface area contributed by atoms with Gasteiger partial charge in [0, 0.05) is 12.6 Å². The van der Waals surface area contributed by atoms with E-state index in [9.17, 15) is 0 Å². The molecule has 0 amide bonds. The molecular weight excluding hydrogens is 188 g/mol. The van der Waals surface area contributed by atoms with Gasteiger partial charge in [0.05, 0.1) is 6.61 Å². The normalized spacial score (nSPS) is 38.4. The number of nitrogens with two attached hydrogens (primary N) is 1. The Balaban J connectivity index is 2.06. The van der Waals surface area contributed by atoms with Gasteiger partial charge in [-0.1, -0.05) is 0 Å². The zero-order valence-corrected chi connectivity index (χ0v) is 9.82. The van der Waals surface area contributed by atoms with Crippen molar-refractivity contribution in [1.82, 2.24) is 4.90 Å². The molecule has 0 spiro atoms. The number of ether oxygens (including phenoxy) is 1. The minimum Gasteiger partial charge on any atom is -0.380 e. The number of hydrogen-bond acceptors (Lipinski definition) is 3. The lowest BCUT2D eigenvalue weighted by molar-refractivity contribution is -0.0190. The van der Waals surface area contributed by atoms with Crippen molar-refractivity contribution >= 4 is 0 Å². The van der Waals surface area contributed by atoms with Gasteiger partial charge in [0.2, 0.25) is 0 Å². The van der Waals surface area contributed by atoms with Gasteiger partial charge in [-0.15, -0.1) is 0 Å². The van der Waals surface area contributed by atoms with Gasteiger partial charge >= 0.3 is 0 Å². The van der Waals surface area contributed by atoms with Gasteiger partial charge in [-0.05, 0) is 57.7 Å². The van der Waals surface area contributed by atoms with Crippen molar-refractivity contribution in [2.45, 2.75) is 31.7 Å². The smallest absolute Gasteiger partial charge is 0.0624 e. The highest BCUT2D eigenvalue weighted by Crippen LogP contribution is 2.34. The molecule has 15 heavy (non-hydrogen) atoms. The summed E-state index contributed by atoms with van der Waals surface area (Å²) in [5.41, 5.74) is 5.72. The van der Waals surface area contributed by atoms with Gasteiger partial charge in [-0.3, -0.25) is 0 Å². The van der Waals surface area contributed by atoms with Gasteiger partial charge in [0.25, 0.3) is 0 Å². The molecular formula is C12H24N2O. The molecule has 0 aliphatic carbocycles. The number of nitrogens with zero attached hydrogens (tertiary/aromatic N) is 1. The third-order valence-corrected chi connectivity index (χ3v) is 4.17. The van der Waals surface area contributed by atoms with E-state index in [1.54, 1.807) is 0 Å². The quantitative estimate of drug-likeness (QED) is 0.744. The van der Waals surface area contributed by atoms with E-state index in [-0.39, 0.29) is 0 Å². The van der Waals surface area contributed by atoms with E-state index in [0.717, 1.165) is 31.6 Å². The van der Waals surface area contributed by atoms with Crippen molar-refractivity contribution in [3.63, 3.8) is 0 Å². The summed E-state index contributed by atoms with van der Waals surface area (Å²) in [6.07, 6.45) is 5.13. The van der Waals surface area contributed by atoms with Crippen LogP contribution in [0.15, 0.2) is 0 Å². The Labute approximate surface area is 93.0 Å². The first-order valence-electron chi connectivity index (χ1n) is 6.31. The molecule has 0 aromatic rings. The highest BCUT2D eigenvalue weighted by Gasteiger charge is 2.35. The average Bonchev–Trinajstić information content (AvgIpc) is 2.41. The Kier molecular flexibility index (Phi) is 4.00. The SMILES string of the molecule is CN1CCCC(CCN)C2CCOCC21. The number of hydrogen-bond donors (Lipinski definition) is 1. The Hall–Kier alpha value is -0.120. The molecule has 3 atom stereocenters. The van der Waals surface area contributed by atoms with Crippen molar-refractivity contribution in [3.8, 4) is 0 Å². The highest BCUT2D eigenvalue weighted by molar-refractivity contribution is 4.88. The lowest BCUT2D eigenvalue weighted by Crippen LogP contribution is -2.46. The Morgan fingerprint density at radius 3 is 3.07 bits per heavy atom. The lowest BCUT2D eigenvalue weighted by Gasteiger charge is -2.39. The number of likely N-dealkylation sites (N-methyl/N-ethyl adjacent to an activating group) is 1. The molecule has 0 aromatic carbocycles. The molecule has 3 nitrogen and oxygen atoms in total. The first kappa shape index (κ1) is 11.4. The van der Waals surface area contributed by atoms with Crippen LogP contribution < -0.4 is 5.73 Å². The van der Waals surface area contributed by atoms with E-state index in [1.165, 1.54) is 32.2 Å². The van der Waals surface area contributed by atoms with E-state index in [4.69, 9.17) is 10.5 Å². The Bertz CT molecular complexity index is 198. The summed E-state index contributed by atoms with van der Waals surface area (Å²) < 4.78 is 5.62. The summed E-state index contributed by atoms with van der Waals surface area (Å²) in [7, 11) is 2.25. The van der Waals surface area contributed by atoms with E-state index in [2.05, 4.69) is 11.9 Å². The van der Waals surface area contributed by atoms with Crippen molar-refractivity contribution in [1.29, 1.82) is 0 Å². The Morgan fingerprint density at radius 2 is 2.27 bits per heavy atom. The summed E-state index contributed by atoms with van der Waals surface area (Å²) in [6, 6.07) is 0.651. The standard InChI is InChI=1S/C12H24N2O/c1-14-7-2-3-10(4-6-13)11-5-8-15-9-12(11)14/h10-12H,2-9,13H2,1H3. The number of fused-ring (bicyclic) bond motifs is 1. The molecule has 2 N–H and O–H groups in total. The van der Waals surface area contributed by atoms with Crippen LogP contribution in [-0.4, -0.2) is 44.3 Å². The van der Waals surface area contributed by atoms with E-state index < -0.39 is 0 Å². The van der Waals surface area contributed by atoms with Gasteiger partial charge in [0.1, 0.15) is 0 Å². The molecule has 0 radical (unpaired) electrons. The monoisotopic (exact) mass is 212 g/mol. The largest absolute Gasteiger partial charge is 0.380 e. The van der Waals surface area contributed by atoms with Crippen LogP contribution in [0, 0.1) is 11.8 Å². The van der Waals surface area contributed by atoms with Gasteiger partial charge in [0.15, 0.2) is 0 Å². The van der Waals surface area contributed by atoms with Gasteiger partial charge in [-0.2, -0.15) is 0 Å². The first-order chi connectivity index (χ1) is 7.33. The van der Waals surface area contributed by atoms with Crippen molar-refractivity contribution < 1.29 is 4.74 Å². The minimum atomic E-state index is 0.651. The summed E-state index contributed by atoms with van der Waals surface area (Å²) in [5.74, 6) is 1.67. The maximum atomic E-state index is 5.72.